The quantitative estimate of drug-likeness (QED) is 0.807. The molecule has 1 aliphatic carbocycles. The van der Waals surface area contributed by atoms with Crippen LogP contribution in [-0.4, -0.2) is 12.2 Å². The Morgan fingerprint density at radius 3 is 2.40 bits per heavy atom. The molecule has 0 bridgehead atoms. The van der Waals surface area contributed by atoms with Crippen LogP contribution in [0.2, 0.25) is 0 Å². The van der Waals surface area contributed by atoms with Crippen molar-refractivity contribution in [3.63, 3.8) is 0 Å². The molecule has 0 spiro atoms. The summed E-state index contributed by atoms with van der Waals surface area (Å²) in [4.78, 5) is 0. The molecule has 1 saturated carbocycles. The van der Waals surface area contributed by atoms with Gasteiger partial charge in [0.1, 0.15) is 5.75 Å². The lowest BCUT2D eigenvalue weighted by atomic mass is 9.89. The minimum atomic E-state index is -0.396. The molecule has 2 nitrogen and oxygen atoms in total. The molecule has 0 radical (unpaired) electrons. The Hall–Kier alpha value is -1.02. The van der Waals surface area contributed by atoms with Crippen molar-refractivity contribution < 1.29 is 9.84 Å². The molecule has 1 fully saturated rings. The van der Waals surface area contributed by atoms with Crippen LogP contribution in [0.15, 0.2) is 12.1 Å². The Balaban J connectivity index is 2.12. The van der Waals surface area contributed by atoms with E-state index in [1.807, 2.05) is 6.07 Å². The normalized spacial score (nSPS) is 18.6. The number of ether oxygens (including phenoxy) is 1. The van der Waals surface area contributed by atoms with Crippen molar-refractivity contribution >= 4 is 0 Å². The number of methoxy groups -OCH3 is 1. The lowest BCUT2D eigenvalue weighted by Gasteiger charge is -2.22. The van der Waals surface area contributed by atoms with Gasteiger partial charge in [0.2, 0.25) is 0 Å². The van der Waals surface area contributed by atoms with Gasteiger partial charge in [-0.1, -0.05) is 50.7 Å². The molecule has 0 aliphatic heterocycles. The second-order valence-electron chi connectivity index (χ2n) is 6.24. The fourth-order valence-corrected chi connectivity index (χ4v) is 3.39. The van der Waals surface area contributed by atoms with Crippen LogP contribution >= 0.6 is 0 Å². The van der Waals surface area contributed by atoms with Crippen LogP contribution in [0.25, 0.3) is 0 Å². The molecular formula is C18H28O2. The molecule has 1 aliphatic rings. The van der Waals surface area contributed by atoms with Crippen molar-refractivity contribution in [3.8, 4) is 5.75 Å². The third-order valence-electron chi connectivity index (χ3n) is 4.80. The molecular weight excluding hydrogens is 248 g/mol. The van der Waals surface area contributed by atoms with Gasteiger partial charge in [0.05, 0.1) is 13.2 Å². The second kappa shape index (κ2) is 7.12. The Labute approximate surface area is 123 Å². The van der Waals surface area contributed by atoms with E-state index in [2.05, 4.69) is 19.9 Å². The molecule has 1 atom stereocenters. The maximum atomic E-state index is 10.6. The highest BCUT2D eigenvalue weighted by atomic mass is 16.5. The molecule has 0 amide bonds. The van der Waals surface area contributed by atoms with Crippen molar-refractivity contribution in [2.45, 2.75) is 64.9 Å². The number of aliphatic hydroxyl groups is 1. The maximum absolute atomic E-state index is 10.6. The van der Waals surface area contributed by atoms with Crippen LogP contribution in [0, 0.1) is 19.8 Å². The number of aliphatic hydroxyl groups excluding tert-OH is 1. The number of hydrogen-bond acceptors (Lipinski definition) is 2. The molecule has 1 N–H and O–H groups in total. The van der Waals surface area contributed by atoms with E-state index in [4.69, 9.17) is 4.74 Å². The van der Waals surface area contributed by atoms with Gasteiger partial charge in [0, 0.05) is 5.56 Å². The minimum Gasteiger partial charge on any atom is -0.496 e. The molecule has 20 heavy (non-hydrogen) atoms. The van der Waals surface area contributed by atoms with Crippen LogP contribution in [0.1, 0.15) is 67.7 Å². The van der Waals surface area contributed by atoms with Gasteiger partial charge in [-0.15, -0.1) is 0 Å². The Morgan fingerprint density at radius 2 is 1.80 bits per heavy atom. The Kier molecular flexibility index (Phi) is 5.47. The van der Waals surface area contributed by atoms with Crippen molar-refractivity contribution in [1.82, 2.24) is 0 Å². The van der Waals surface area contributed by atoms with E-state index in [0.29, 0.717) is 5.92 Å². The largest absolute Gasteiger partial charge is 0.496 e. The summed E-state index contributed by atoms with van der Waals surface area (Å²) in [7, 11) is 1.70. The van der Waals surface area contributed by atoms with E-state index in [-0.39, 0.29) is 0 Å². The van der Waals surface area contributed by atoms with Gasteiger partial charge in [0.25, 0.3) is 0 Å². The van der Waals surface area contributed by atoms with Crippen molar-refractivity contribution in [2.24, 2.45) is 5.92 Å². The fourth-order valence-electron chi connectivity index (χ4n) is 3.39. The van der Waals surface area contributed by atoms with Crippen LogP contribution in [-0.2, 0) is 0 Å². The van der Waals surface area contributed by atoms with Crippen molar-refractivity contribution in [1.29, 1.82) is 0 Å². The van der Waals surface area contributed by atoms with Gasteiger partial charge < -0.3 is 9.84 Å². The third kappa shape index (κ3) is 3.54. The Morgan fingerprint density at radius 1 is 1.15 bits per heavy atom. The van der Waals surface area contributed by atoms with Crippen LogP contribution < -0.4 is 4.74 Å². The van der Waals surface area contributed by atoms with E-state index < -0.39 is 6.10 Å². The Bertz CT molecular complexity index is 431. The first-order valence-corrected chi connectivity index (χ1v) is 7.95. The maximum Gasteiger partial charge on any atom is 0.127 e. The summed E-state index contributed by atoms with van der Waals surface area (Å²) in [5, 5.41) is 10.6. The number of benzene rings is 1. The average Bonchev–Trinajstić information content (AvgIpc) is 2.70. The monoisotopic (exact) mass is 276 g/mol. The van der Waals surface area contributed by atoms with E-state index >= 15 is 0 Å². The highest BCUT2D eigenvalue weighted by Crippen LogP contribution is 2.36. The molecule has 1 unspecified atom stereocenters. The van der Waals surface area contributed by atoms with E-state index in [1.165, 1.54) is 44.1 Å². The predicted octanol–water partition coefficient (Wildman–Crippen LogP) is 4.71. The summed E-state index contributed by atoms with van der Waals surface area (Å²) < 4.78 is 5.53. The first-order chi connectivity index (χ1) is 9.63. The van der Waals surface area contributed by atoms with Gasteiger partial charge in [-0.05, 0) is 37.3 Å². The fraction of sp³-hybridized carbons (Fsp3) is 0.667. The van der Waals surface area contributed by atoms with Gasteiger partial charge in [-0.2, -0.15) is 0 Å². The smallest absolute Gasteiger partial charge is 0.127 e. The van der Waals surface area contributed by atoms with Crippen LogP contribution in [0.5, 0.6) is 5.75 Å². The summed E-state index contributed by atoms with van der Waals surface area (Å²) in [5.41, 5.74) is 3.32. The molecule has 1 aromatic carbocycles. The summed E-state index contributed by atoms with van der Waals surface area (Å²) in [6.07, 6.45) is 8.38. The zero-order chi connectivity index (χ0) is 14.5. The van der Waals surface area contributed by atoms with E-state index in [9.17, 15) is 5.11 Å². The van der Waals surface area contributed by atoms with Gasteiger partial charge in [-0.3, -0.25) is 0 Å². The van der Waals surface area contributed by atoms with E-state index in [0.717, 1.165) is 23.3 Å². The first kappa shape index (κ1) is 15.4. The minimum absolute atomic E-state index is 0.396. The van der Waals surface area contributed by atoms with Gasteiger partial charge >= 0.3 is 0 Å². The molecule has 2 rings (SSSR count). The number of rotatable bonds is 4. The summed E-state index contributed by atoms with van der Waals surface area (Å²) in [6, 6.07) is 4.12. The lowest BCUT2D eigenvalue weighted by Crippen LogP contribution is -2.09. The second-order valence-corrected chi connectivity index (χ2v) is 6.24. The third-order valence-corrected chi connectivity index (χ3v) is 4.80. The standard InChI is InChI=1S/C18H28O2/c1-13-10-11-16(18(20-3)14(13)2)17(19)12-15-8-6-4-5-7-9-15/h10-11,15,17,19H,4-9,12H2,1-3H3. The van der Waals surface area contributed by atoms with Crippen molar-refractivity contribution in [3.05, 3.63) is 28.8 Å². The summed E-state index contributed by atoms with van der Waals surface area (Å²) in [5.74, 6) is 1.53. The van der Waals surface area contributed by atoms with Crippen molar-refractivity contribution in [2.75, 3.05) is 7.11 Å². The molecule has 112 valence electrons. The zero-order valence-corrected chi connectivity index (χ0v) is 13.1. The lowest BCUT2D eigenvalue weighted by molar-refractivity contribution is 0.135. The van der Waals surface area contributed by atoms with Gasteiger partial charge in [0.15, 0.2) is 0 Å². The SMILES string of the molecule is COc1c(C(O)CC2CCCCCC2)ccc(C)c1C. The van der Waals surface area contributed by atoms with Crippen LogP contribution in [0.3, 0.4) is 0 Å². The predicted molar refractivity (Wildman–Crippen MR) is 83.2 cm³/mol. The summed E-state index contributed by atoms with van der Waals surface area (Å²) in [6.45, 7) is 4.15. The molecule has 0 aromatic heterocycles. The zero-order valence-electron chi connectivity index (χ0n) is 13.1. The average molecular weight is 276 g/mol. The van der Waals surface area contributed by atoms with E-state index in [1.54, 1.807) is 7.11 Å². The van der Waals surface area contributed by atoms with Crippen LogP contribution in [0.4, 0.5) is 0 Å². The first-order valence-electron chi connectivity index (χ1n) is 7.95. The molecule has 0 saturated heterocycles. The molecule has 1 aromatic rings. The topological polar surface area (TPSA) is 29.5 Å². The number of hydrogen-bond donors (Lipinski definition) is 1. The molecule has 0 heterocycles. The number of aryl methyl sites for hydroxylation is 1. The van der Waals surface area contributed by atoms with Gasteiger partial charge in [-0.25, -0.2) is 0 Å². The highest BCUT2D eigenvalue weighted by Gasteiger charge is 2.21. The highest BCUT2D eigenvalue weighted by molar-refractivity contribution is 5.46. The molecule has 2 heteroatoms. The summed E-state index contributed by atoms with van der Waals surface area (Å²) >= 11 is 0.